The standard InChI is InChI=1S/C27H21N3O2/c1-18-14-15-21(27-30-25-23(32-27)13-8-16-28-25)17-22(18)29-26(31)24(19-9-4-2-5-10-19)20-11-6-3-7-12-20/h2-17,24H,1H3,(H,29,31). The monoisotopic (exact) mass is 419 g/mol. The van der Waals surface area contributed by atoms with Crippen molar-refractivity contribution in [2.24, 2.45) is 0 Å². The molecule has 5 rings (SSSR count). The van der Waals surface area contributed by atoms with E-state index in [9.17, 15) is 4.79 Å². The Hall–Kier alpha value is -4.25. The van der Waals surface area contributed by atoms with Crippen LogP contribution in [0.2, 0.25) is 0 Å². The van der Waals surface area contributed by atoms with E-state index in [0.29, 0.717) is 17.1 Å². The summed E-state index contributed by atoms with van der Waals surface area (Å²) < 4.78 is 5.85. The maximum absolute atomic E-state index is 13.5. The van der Waals surface area contributed by atoms with Crippen LogP contribution in [0, 0.1) is 6.92 Å². The summed E-state index contributed by atoms with van der Waals surface area (Å²) in [5.41, 5.74) is 5.52. The van der Waals surface area contributed by atoms with Gasteiger partial charge in [0.25, 0.3) is 0 Å². The first-order valence-corrected chi connectivity index (χ1v) is 10.4. The molecular weight excluding hydrogens is 398 g/mol. The third kappa shape index (κ3) is 3.88. The molecule has 32 heavy (non-hydrogen) atoms. The Kier molecular flexibility index (Phi) is 5.22. The number of amides is 1. The summed E-state index contributed by atoms with van der Waals surface area (Å²) in [5.74, 6) is -0.0484. The van der Waals surface area contributed by atoms with Crippen LogP contribution in [-0.4, -0.2) is 15.9 Å². The first kappa shape index (κ1) is 19.7. The number of aromatic nitrogens is 2. The summed E-state index contributed by atoms with van der Waals surface area (Å²) in [6.45, 7) is 1.97. The second-order valence-corrected chi connectivity index (χ2v) is 7.62. The van der Waals surface area contributed by atoms with Crippen molar-refractivity contribution >= 4 is 22.8 Å². The molecule has 2 heterocycles. The predicted molar refractivity (Wildman–Crippen MR) is 125 cm³/mol. The molecule has 2 aromatic heterocycles. The van der Waals surface area contributed by atoms with Gasteiger partial charge in [-0.3, -0.25) is 4.79 Å². The van der Waals surface area contributed by atoms with Crippen molar-refractivity contribution in [3.63, 3.8) is 0 Å². The summed E-state index contributed by atoms with van der Waals surface area (Å²) in [4.78, 5) is 22.2. The van der Waals surface area contributed by atoms with E-state index in [1.807, 2.05) is 97.9 Å². The molecule has 0 unspecified atom stereocenters. The Bertz CT molecular complexity index is 1310. The Morgan fingerprint density at radius 2 is 1.56 bits per heavy atom. The molecule has 0 spiro atoms. The summed E-state index contributed by atoms with van der Waals surface area (Å²) in [7, 11) is 0. The fourth-order valence-electron chi connectivity index (χ4n) is 3.77. The molecule has 0 fully saturated rings. The predicted octanol–water partition coefficient (Wildman–Crippen LogP) is 5.97. The van der Waals surface area contributed by atoms with E-state index >= 15 is 0 Å². The summed E-state index contributed by atoms with van der Waals surface area (Å²) in [6.07, 6.45) is 1.68. The Balaban J connectivity index is 1.49. The Morgan fingerprint density at radius 3 is 2.22 bits per heavy atom. The lowest BCUT2D eigenvalue weighted by Gasteiger charge is -2.19. The van der Waals surface area contributed by atoms with Crippen LogP contribution in [0.1, 0.15) is 22.6 Å². The van der Waals surface area contributed by atoms with E-state index in [0.717, 1.165) is 27.9 Å². The molecule has 0 aliphatic carbocycles. The molecule has 5 heteroatoms. The lowest BCUT2D eigenvalue weighted by molar-refractivity contribution is -0.116. The minimum absolute atomic E-state index is 0.0955. The minimum atomic E-state index is -0.422. The number of anilines is 1. The second-order valence-electron chi connectivity index (χ2n) is 7.62. The summed E-state index contributed by atoms with van der Waals surface area (Å²) in [5, 5.41) is 3.13. The lowest BCUT2D eigenvalue weighted by Crippen LogP contribution is -2.22. The number of nitrogens with one attached hydrogen (secondary N) is 1. The molecule has 5 nitrogen and oxygen atoms in total. The van der Waals surface area contributed by atoms with E-state index < -0.39 is 5.92 Å². The number of benzene rings is 3. The van der Waals surface area contributed by atoms with Gasteiger partial charge in [-0.05, 0) is 47.9 Å². The molecule has 156 valence electrons. The van der Waals surface area contributed by atoms with Gasteiger partial charge < -0.3 is 9.73 Å². The smallest absolute Gasteiger partial charge is 0.236 e. The molecular formula is C27H21N3O2. The number of hydrogen-bond acceptors (Lipinski definition) is 4. The van der Waals surface area contributed by atoms with Crippen molar-refractivity contribution in [1.82, 2.24) is 9.97 Å². The molecule has 0 bridgehead atoms. The topological polar surface area (TPSA) is 68.0 Å². The molecule has 5 aromatic rings. The van der Waals surface area contributed by atoms with Gasteiger partial charge in [0.2, 0.25) is 11.8 Å². The van der Waals surface area contributed by atoms with E-state index in [1.165, 1.54) is 0 Å². The normalized spacial score (nSPS) is 11.1. The van der Waals surface area contributed by atoms with Crippen LogP contribution in [0.4, 0.5) is 5.69 Å². The van der Waals surface area contributed by atoms with Crippen LogP contribution in [0.15, 0.2) is 102 Å². The first-order chi connectivity index (χ1) is 15.7. The van der Waals surface area contributed by atoms with E-state index in [1.54, 1.807) is 6.20 Å². The maximum Gasteiger partial charge on any atom is 0.236 e. The highest BCUT2D eigenvalue weighted by Gasteiger charge is 2.23. The largest absolute Gasteiger partial charge is 0.434 e. The molecule has 3 aromatic carbocycles. The van der Waals surface area contributed by atoms with Crippen LogP contribution in [-0.2, 0) is 4.79 Å². The van der Waals surface area contributed by atoms with Gasteiger partial charge in [0.15, 0.2) is 11.2 Å². The van der Waals surface area contributed by atoms with E-state index in [2.05, 4.69) is 15.3 Å². The summed E-state index contributed by atoms with van der Waals surface area (Å²) in [6, 6.07) is 29.0. The zero-order valence-corrected chi connectivity index (χ0v) is 17.5. The van der Waals surface area contributed by atoms with Crippen LogP contribution in [0.3, 0.4) is 0 Å². The van der Waals surface area contributed by atoms with Crippen LogP contribution in [0.25, 0.3) is 22.7 Å². The number of nitrogens with zero attached hydrogens (tertiary/aromatic N) is 2. The highest BCUT2D eigenvalue weighted by Crippen LogP contribution is 2.30. The molecule has 1 amide bonds. The van der Waals surface area contributed by atoms with Gasteiger partial charge in [-0.1, -0.05) is 66.7 Å². The molecule has 1 N–H and O–H groups in total. The lowest BCUT2D eigenvalue weighted by atomic mass is 9.90. The third-order valence-electron chi connectivity index (χ3n) is 5.44. The van der Waals surface area contributed by atoms with Gasteiger partial charge in [-0.25, -0.2) is 4.98 Å². The van der Waals surface area contributed by atoms with E-state index in [-0.39, 0.29) is 5.91 Å². The quantitative estimate of drug-likeness (QED) is 0.381. The van der Waals surface area contributed by atoms with Gasteiger partial charge in [0, 0.05) is 17.4 Å². The number of rotatable bonds is 5. The number of hydrogen-bond donors (Lipinski definition) is 1. The molecule has 0 saturated heterocycles. The number of carbonyl (C=O) groups excluding carboxylic acids is 1. The van der Waals surface area contributed by atoms with Crippen LogP contribution >= 0.6 is 0 Å². The Labute approximate surface area is 185 Å². The SMILES string of the molecule is Cc1ccc(-c2nc3ncccc3o2)cc1NC(=O)C(c1ccccc1)c1ccccc1. The first-order valence-electron chi connectivity index (χ1n) is 10.4. The average Bonchev–Trinajstić information content (AvgIpc) is 3.26. The molecule has 0 atom stereocenters. The minimum Gasteiger partial charge on any atom is -0.434 e. The zero-order chi connectivity index (χ0) is 21.9. The molecule has 0 aliphatic rings. The number of oxazole rings is 1. The third-order valence-corrected chi connectivity index (χ3v) is 5.44. The number of carbonyl (C=O) groups is 1. The highest BCUT2D eigenvalue weighted by molar-refractivity contribution is 5.99. The van der Waals surface area contributed by atoms with Gasteiger partial charge in [-0.15, -0.1) is 0 Å². The van der Waals surface area contributed by atoms with Gasteiger partial charge in [0.1, 0.15) is 0 Å². The highest BCUT2D eigenvalue weighted by atomic mass is 16.3. The van der Waals surface area contributed by atoms with E-state index in [4.69, 9.17) is 4.42 Å². The second kappa shape index (κ2) is 8.47. The van der Waals surface area contributed by atoms with Crippen molar-refractivity contribution in [3.8, 4) is 11.5 Å². The fraction of sp³-hybridized carbons (Fsp3) is 0.0741. The average molecular weight is 419 g/mol. The van der Waals surface area contributed by atoms with Gasteiger partial charge in [-0.2, -0.15) is 4.98 Å². The van der Waals surface area contributed by atoms with Gasteiger partial charge >= 0.3 is 0 Å². The maximum atomic E-state index is 13.5. The molecule has 0 aliphatic heterocycles. The number of pyridine rings is 1. The zero-order valence-electron chi connectivity index (χ0n) is 17.5. The number of fused-ring (bicyclic) bond motifs is 1. The summed E-state index contributed by atoms with van der Waals surface area (Å²) >= 11 is 0. The van der Waals surface area contributed by atoms with Crippen LogP contribution in [0.5, 0.6) is 0 Å². The van der Waals surface area contributed by atoms with Crippen molar-refractivity contribution in [2.45, 2.75) is 12.8 Å². The molecule has 0 radical (unpaired) electrons. The van der Waals surface area contributed by atoms with Crippen molar-refractivity contribution in [1.29, 1.82) is 0 Å². The van der Waals surface area contributed by atoms with Crippen molar-refractivity contribution < 1.29 is 9.21 Å². The van der Waals surface area contributed by atoms with Crippen molar-refractivity contribution in [3.05, 3.63) is 114 Å². The van der Waals surface area contributed by atoms with Crippen molar-refractivity contribution in [2.75, 3.05) is 5.32 Å². The van der Waals surface area contributed by atoms with Crippen LogP contribution < -0.4 is 5.32 Å². The number of aryl methyl sites for hydroxylation is 1. The Morgan fingerprint density at radius 1 is 0.875 bits per heavy atom. The van der Waals surface area contributed by atoms with Gasteiger partial charge in [0.05, 0.1) is 5.92 Å². The molecule has 0 saturated carbocycles. The fourth-order valence-corrected chi connectivity index (χ4v) is 3.77.